The lowest BCUT2D eigenvalue weighted by atomic mass is 10.4. The van der Waals surface area contributed by atoms with Crippen LogP contribution in [0.25, 0.3) is 0 Å². The predicted molar refractivity (Wildman–Crippen MR) is 52.3 cm³/mol. The van der Waals surface area contributed by atoms with Crippen LogP contribution in [0.3, 0.4) is 0 Å². The molecule has 74 valence electrons. The molecular weight excluding hydrogens is 164 g/mol. The van der Waals surface area contributed by atoms with Crippen molar-refractivity contribution in [2.75, 3.05) is 6.54 Å². The first-order chi connectivity index (χ1) is 6.38. The van der Waals surface area contributed by atoms with E-state index in [4.69, 9.17) is 0 Å². The third kappa shape index (κ3) is 3.14. The molecule has 0 spiro atoms. The van der Waals surface area contributed by atoms with Gasteiger partial charge in [-0.1, -0.05) is 13.8 Å². The van der Waals surface area contributed by atoms with Crippen LogP contribution in [0.5, 0.6) is 0 Å². The van der Waals surface area contributed by atoms with Crippen molar-refractivity contribution < 1.29 is 0 Å². The minimum atomic E-state index is 0.827. The fourth-order valence-electron chi connectivity index (χ4n) is 1.20. The number of hydrogen-bond donors (Lipinski definition) is 1. The van der Waals surface area contributed by atoms with Crippen molar-refractivity contribution in [2.24, 2.45) is 0 Å². The molecule has 1 N–H and O–H groups in total. The minimum absolute atomic E-state index is 0.827. The van der Waals surface area contributed by atoms with Gasteiger partial charge in [0.25, 0.3) is 0 Å². The highest BCUT2D eigenvalue weighted by molar-refractivity contribution is 4.83. The van der Waals surface area contributed by atoms with Crippen LogP contribution in [0.15, 0.2) is 6.33 Å². The van der Waals surface area contributed by atoms with Gasteiger partial charge in [-0.05, 0) is 19.4 Å². The second kappa shape index (κ2) is 5.70. The van der Waals surface area contributed by atoms with Gasteiger partial charge < -0.3 is 5.32 Å². The van der Waals surface area contributed by atoms with Gasteiger partial charge in [0.05, 0.1) is 6.54 Å². The first kappa shape index (κ1) is 10.2. The van der Waals surface area contributed by atoms with Crippen LogP contribution in [0.4, 0.5) is 0 Å². The highest BCUT2D eigenvalue weighted by Crippen LogP contribution is 1.95. The maximum Gasteiger partial charge on any atom is 0.140 e. The van der Waals surface area contributed by atoms with E-state index < -0.39 is 0 Å². The van der Waals surface area contributed by atoms with E-state index in [1.54, 1.807) is 6.33 Å². The van der Waals surface area contributed by atoms with Gasteiger partial charge in [-0.15, -0.1) is 0 Å². The Morgan fingerprint density at radius 3 is 2.92 bits per heavy atom. The molecule has 1 heterocycles. The zero-order chi connectivity index (χ0) is 9.52. The summed E-state index contributed by atoms with van der Waals surface area (Å²) in [5, 5.41) is 7.46. The number of nitrogens with zero attached hydrogens (tertiary/aromatic N) is 3. The fraction of sp³-hybridized carbons (Fsp3) is 0.778. The first-order valence-corrected chi connectivity index (χ1v) is 4.95. The molecule has 0 unspecified atom stereocenters. The Kier molecular flexibility index (Phi) is 4.46. The van der Waals surface area contributed by atoms with Crippen molar-refractivity contribution in [2.45, 2.75) is 39.8 Å². The molecule has 0 radical (unpaired) electrons. The zero-order valence-electron chi connectivity index (χ0n) is 8.45. The summed E-state index contributed by atoms with van der Waals surface area (Å²) in [5.74, 6) is 1.04. The van der Waals surface area contributed by atoms with Gasteiger partial charge in [0.1, 0.15) is 12.2 Å². The van der Waals surface area contributed by atoms with E-state index in [0.717, 1.165) is 38.3 Å². The second-order valence-electron chi connectivity index (χ2n) is 3.08. The number of aryl methyl sites for hydroxylation is 1. The van der Waals surface area contributed by atoms with Crippen LogP contribution in [0.2, 0.25) is 0 Å². The van der Waals surface area contributed by atoms with E-state index in [1.165, 1.54) is 0 Å². The molecule has 0 saturated heterocycles. The van der Waals surface area contributed by atoms with E-state index in [0.29, 0.717) is 0 Å². The first-order valence-electron chi connectivity index (χ1n) is 4.95. The maximum absolute atomic E-state index is 4.20. The number of aromatic nitrogens is 3. The predicted octanol–water partition coefficient (Wildman–Crippen LogP) is 1.19. The van der Waals surface area contributed by atoms with Gasteiger partial charge in [0.15, 0.2) is 0 Å². The van der Waals surface area contributed by atoms with E-state index >= 15 is 0 Å². The van der Waals surface area contributed by atoms with Crippen LogP contribution in [-0.4, -0.2) is 21.3 Å². The molecule has 0 aliphatic rings. The number of nitrogens with one attached hydrogen (secondary N) is 1. The summed E-state index contributed by atoms with van der Waals surface area (Å²) in [5.41, 5.74) is 0. The van der Waals surface area contributed by atoms with Crippen molar-refractivity contribution in [3.8, 4) is 0 Å². The molecule has 0 amide bonds. The molecule has 0 aliphatic heterocycles. The summed E-state index contributed by atoms with van der Waals surface area (Å²) < 4.78 is 1.96. The Bertz CT molecular complexity index is 231. The average Bonchev–Trinajstić information content (AvgIpc) is 2.54. The quantitative estimate of drug-likeness (QED) is 0.672. The van der Waals surface area contributed by atoms with Crippen LogP contribution in [0.1, 0.15) is 32.5 Å². The van der Waals surface area contributed by atoms with Gasteiger partial charge >= 0.3 is 0 Å². The van der Waals surface area contributed by atoms with Crippen molar-refractivity contribution >= 4 is 0 Å². The molecule has 13 heavy (non-hydrogen) atoms. The topological polar surface area (TPSA) is 42.7 Å². The van der Waals surface area contributed by atoms with Gasteiger partial charge in [-0.25, -0.2) is 9.67 Å². The molecule has 4 nitrogen and oxygen atoms in total. The summed E-state index contributed by atoms with van der Waals surface area (Å²) in [7, 11) is 0. The van der Waals surface area contributed by atoms with E-state index in [9.17, 15) is 0 Å². The molecule has 0 atom stereocenters. The summed E-state index contributed by atoms with van der Waals surface area (Å²) in [6, 6.07) is 0. The lowest BCUT2D eigenvalue weighted by Gasteiger charge is -2.04. The van der Waals surface area contributed by atoms with Gasteiger partial charge in [-0.3, -0.25) is 0 Å². The standard InChI is InChI=1S/C9H18N4/c1-3-5-10-7-9-11-8-12-13(9)6-4-2/h8,10H,3-7H2,1-2H3. The molecule has 1 aromatic heterocycles. The summed E-state index contributed by atoms with van der Waals surface area (Å²) in [4.78, 5) is 4.20. The molecule has 1 aromatic rings. The van der Waals surface area contributed by atoms with Crippen molar-refractivity contribution in [1.29, 1.82) is 0 Å². The minimum Gasteiger partial charge on any atom is -0.310 e. The lowest BCUT2D eigenvalue weighted by molar-refractivity contribution is 0.541. The van der Waals surface area contributed by atoms with E-state index in [1.807, 2.05) is 4.68 Å². The Balaban J connectivity index is 2.40. The molecule has 0 bridgehead atoms. The summed E-state index contributed by atoms with van der Waals surface area (Å²) >= 11 is 0. The smallest absolute Gasteiger partial charge is 0.140 e. The van der Waals surface area contributed by atoms with Gasteiger partial charge in [0, 0.05) is 6.54 Å². The average molecular weight is 182 g/mol. The Labute approximate surface area is 79.4 Å². The number of rotatable bonds is 6. The Morgan fingerprint density at radius 2 is 2.23 bits per heavy atom. The largest absolute Gasteiger partial charge is 0.310 e. The van der Waals surface area contributed by atoms with E-state index in [2.05, 4.69) is 29.2 Å². The molecular formula is C9H18N4. The summed E-state index contributed by atoms with van der Waals surface area (Å²) in [6.07, 6.45) is 3.88. The molecule has 0 aromatic carbocycles. The monoisotopic (exact) mass is 182 g/mol. The second-order valence-corrected chi connectivity index (χ2v) is 3.08. The number of hydrogen-bond acceptors (Lipinski definition) is 3. The molecule has 0 saturated carbocycles. The third-order valence-electron chi connectivity index (χ3n) is 1.84. The highest BCUT2D eigenvalue weighted by Gasteiger charge is 2.01. The van der Waals surface area contributed by atoms with Gasteiger partial charge in [0.2, 0.25) is 0 Å². The van der Waals surface area contributed by atoms with Crippen LogP contribution in [-0.2, 0) is 13.1 Å². The fourth-order valence-corrected chi connectivity index (χ4v) is 1.20. The van der Waals surface area contributed by atoms with Crippen molar-refractivity contribution in [1.82, 2.24) is 20.1 Å². The van der Waals surface area contributed by atoms with Crippen molar-refractivity contribution in [3.63, 3.8) is 0 Å². The van der Waals surface area contributed by atoms with Gasteiger partial charge in [-0.2, -0.15) is 5.10 Å². The highest BCUT2D eigenvalue weighted by atomic mass is 15.3. The van der Waals surface area contributed by atoms with Crippen molar-refractivity contribution in [3.05, 3.63) is 12.2 Å². The molecule has 4 heteroatoms. The molecule has 0 fully saturated rings. The van der Waals surface area contributed by atoms with Crippen LogP contribution >= 0.6 is 0 Å². The van der Waals surface area contributed by atoms with Crippen LogP contribution < -0.4 is 5.32 Å². The maximum atomic E-state index is 4.20. The third-order valence-corrected chi connectivity index (χ3v) is 1.84. The Morgan fingerprint density at radius 1 is 1.38 bits per heavy atom. The molecule has 0 aliphatic carbocycles. The normalized spacial score (nSPS) is 10.6. The van der Waals surface area contributed by atoms with E-state index in [-0.39, 0.29) is 0 Å². The summed E-state index contributed by atoms with van der Waals surface area (Å²) in [6.45, 7) is 7.13. The SMILES string of the molecule is CCCNCc1ncnn1CCC. The Hall–Kier alpha value is -0.900. The lowest BCUT2D eigenvalue weighted by Crippen LogP contribution is -2.18. The zero-order valence-corrected chi connectivity index (χ0v) is 8.45. The molecule has 1 rings (SSSR count). The van der Waals surface area contributed by atoms with Crippen LogP contribution in [0, 0.1) is 0 Å².